The Morgan fingerprint density at radius 2 is 1.88 bits per heavy atom. The van der Waals surface area contributed by atoms with Gasteiger partial charge in [-0.2, -0.15) is 5.10 Å². The molecule has 6 nitrogen and oxygen atoms in total. The Kier molecular flexibility index (Phi) is 6.28. The number of rotatable bonds is 6. The molecule has 25 heavy (non-hydrogen) atoms. The molecular weight excluding hydrogens is 318 g/mol. The lowest BCUT2D eigenvalue weighted by Gasteiger charge is -2.06. The van der Waals surface area contributed by atoms with Crippen LogP contribution >= 0.6 is 0 Å². The van der Waals surface area contributed by atoms with E-state index in [2.05, 4.69) is 15.8 Å². The molecule has 2 amide bonds. The number of hydrogen-bond donors (Lipinski definition) is 2. The summed E-state index contributed by atoms with van der Waals surface area (Å²) in [5, 5.41) is 6.44. The first-order valence-electron chi connectivity index (χ1n) is 7.81. The van der Waals surface area contributed by atoms with Gasteiger partial charge in [0.1, 0.15) is 5.75 Å². The second-order valence-electron chi connectivity index (χ2n) is 5.52. The summed E-state index contributed by atoms with van der Waals surface area (Å²) in [5.74, 6) is -0.0566. The standard InChI is InChI=1S/C19H21N3O3/c1-13-8-9-15(10-14(13)2)19(24)20-12-18(23)22-21-11-16-6-4-5-7-17(16)25-3/h4-11H,12H2,1-3H3,(H,20,24)(H,22,23)/b21-11-. The van der Waals surface area contributed by atoms with Gasteiger partial charge in [-0.1, -0.05) is 18.2 Å². The van der Waals surface area contributed by atoms with E-state index in [1.54, 1.807) is 25.3 Å². The average Bonchev–Trinajstić information content (AvgIpc) is 2.62. The van der Waals surface area contributed by atoms with Crippen LogP contribution in [0.15, 0.2) is 47.6 Å². The van der Waals surface area contributed by atoms with Gasteiger partial charge >= 0.3 is 0 Å². The topological polar surface area (TPSA) is 79.8 Å². The summed E-state index contributed by atoms with van der Waals surface area (Å²) in [6, 6.07) is 12.7. The fourth-order valence-electron chi connectivity index (χ4n) is 2.13. The van der Waals surface area contributed by atoms with Crippen LogP contribution in [0.5, 0.6) is 5.75 Å². The molecule has 0 unspecified atom stereocenters. The Morgan fingerprint density at radius 1 is 1.12 bits per heavy atom. The van der Waals surface area contributed by atoms with E-state index in [0.717, 1.165) is 16.7 Å². The summed E-state index contributed by atoms with van der Waals surface area (Å²) < 4.78 is 5.19. The number of nitrogens with one attached hydrogen (secondary N) is 2. The van der Waals surface area contributed by atoms with Gasteiger partial charge in [0.25, 0.3) is 11.8 Å². The first-order chi connectivity index (χ1) is 12.0. The molecule has 0 aliphatic carbocycles. The van der Waals surface area contributed by atoms with E-state index in [0.29, 0.717) is 11.3 Å². The minimum atomic E-state index is -0.414. The van der Waals surface area contributed by atoms with Crippen LogP contribution < -0.4 is 15.5 Å². The fourth-order valence-corrected chi connectivity index (χ4v) is 2.13. The number of hydrazone groups is 1. The van der Waals surface area contributed by atoms with Crippen molar-refractivity contribution in [1.82, 2.24) is 10.7 Å². The highest BCUT2D eigenvalue weighted by molar-refractivity contribution is 5.96. The Morgan fingerprint density at radius 3 is 2.60 bits per heavy atom. The number of nitrogens with zero attached hydrogens (tertiary/aromatic N) is 1. The molecule has 0 aromatic heterocycles. The van der Waals surface area contributed by atoms with Crippen LogP contribution in [-0.4, -0.2) is 31.7 Å². The molecule has 0 spiro atoms. The molecule has 0 aliphatic heterocycles. The summed E-state index contributed by atoms with van der Waals surface area (Å²) in [5.41, 5.74) is 5.77. The number of benzene rings is 2. The van der Waals surface area contributed by atoms with Crippen molar-refractivity contribution in [2.24, 2.45) is 5.10 Å². The monoisotopic (exact) mass is 339 g/mol. The Hall–Kier alpha value is -3.15. The third kappa shape index (κ3) is 5.17. The van der Waals surface area contributed by atoms with Gasteiger partial charge in [0.05, 0.1) is 19.9 Å². The van der Waals surface area contributed by atoms with Crippen LogP contribution in [0.25, 0.3) is 0 Å². The van der Waals surface area contributed by atoms with E-state index in [1.165, 1.54) is 6.21 Å². The second-order valence-corrected chi connectivity index (χ2v) is 5.52. The van der Waals surface area contributed by atoms with E-state index in [-0.39, 0.29) is 12.5 Å². The predicted octanol–water partition coefficient (Wildman–Crippen LogP) is 2.19. The van der Waals surface area contributed by atoms with Gasteiger partial charge in [-0.25, -0.2) is 5.43 Å². The zero-order valence-electron chi connectivity index (χ0n) is 14.5. The van der Waals surface area contributed by atoms with E-state index in [1.807, 2.05) is 38.1 Å². The molecule has 0 fully saturated rings. The van der Waals surface area contributed by atoms with Gasteiger partial charge in [0.2, 0.25) is 0 Å². The molecule has 0 saturated carbocycles. The van der Waals surface area contributed by atoms with Crippen LogP contribution in [-0.2, 0) is 4.79 Å². The quantitative estimate of drug-likeness (QED) is 0.625. The molecule has 2 aromatic carbocycles. The molecule has 6 heteroatoms. The van der Waals surface area contributed by atoms with Crippen LogP contribution in [0.1, 0.15) is 27.0 Å². The number of methoxy groups -OCH3 is 1. The molecule has 2 N–H and O–H groups in total. The van der Waals surface area contributed by atoms with Crippen LogP contribution in [0.2, 0.25) is 0 Å². The SMILES string of the molecule is COc1ccccc1/C=N\NC(=O)CNC(=O)c1ccc(C)c(C)c1. The lowest BCUT2D eigenvalue weighted by molar-refractivity contribution is -0.120. The zero-order chi connectivity index (χ0) is 18.2. The van der Waals surface area contributed by atoms with E-state index >= 15 is 0 Å². The van der Waals surface area contributed by atoms with Gasteiger partial charge in [-0.15, -0.1) is 0 Å². The maximum absolute atomic E-state index is 12.0. The smallest absolute Gasteiger partial charge is 0.259 e. The van der Waals surface area contributed by atoms with Crippen molar-refractivity contribution >= 4 is 18.0 Å². The predicted molar refractivity (Wildman–Crippen MR) is 97.0 cm³/mol. The summed E-state index contributed by atoms with van der Waals surface area (Å²) in [4.78, 5) is 23.8. The summed E-state index contributed by atoms with van der Waals surface area (Å²) >= 11 is 0. The summed E-state index contributed by atoms with van der Waals surface area (Å²) in [6.45, 7) is 3.75. The number of hydrogen-bond acceptors (Lipinski definition) is 4. The molecule has 0 heterocycles. The van der Waals surface area contributed by atoms with Crippen molar-refractivity contribution < 1.29 is 14.3 Å². The highest BCUT2D eigenvalue weighted by atomic mass is 16.5. The van der Waals surface area contributed by atoms with Crippen LogP contribution in [0.4, 0.5) is 0 Å². The average molecular weight is 339 g/mol. The normalized spacial score (nSPS) is 10.5. The maximum Gasteiger partial charge on any atom is 0.259 e. The van der Waals surface area contributed by atoms with Crippen molar-refractivity contribution in [3.8, 4) is 5.75 Å². The first kappa shape index (κ1) is 18.2. The zero-order valence-corrected chi connectivity index (χ0v) is 14.5. The van der Waals surface area contributed by atoms with Crippen molar-refractivity contribution in [1.29, 1.82) is 0 Å². The van der Waals surface area contributed by atoms with Gasteiger partial charge in [-0.3, -0.25) is 9.59 Å². The molecule has 2 rings (SSSR count). The summed E-state index contributed by atoms with van der Waals surface area (Å²) in [7, 11) is 1.56. The number of ether oxygens (including phenoxy) is 1. The highest BCUT2D eigenvalue weighted by Crippen LogP contribution is 2.14. The maximum atomic E-state index is 12.0. The fraction of sp³-hybridized carbons (Fsp3) is 0.211. The number of amides is 2. The lowest BCUT2D eigenvalue weighted by Crippen LogP contribution is -2.34. The van der Waals surface area contributed by atoms with Crippen LogP contribution in [0.3, 0.4) is 0 Å². The van der Waals surface area contributed by atoms with Crippen LogP contribution in [0, 0.1) is 13.8 Å². The molecule has 0 saturated heterocycles. The van der Waals surface area contributed by atoms with E-state index in [4.69, 9.17) is 4.74 Å². The molecule has 0 aliphatic rings. The number of carbonyl (C=O) groups is 2. The Balaban J connectivity index is 1.85. The molecule has 2 aromatic rings. The molecule has 0 bridgehead atoms. The molecule has 130 valence electrons. The Bertz CT molecular complexity index is 800. The number of para-hydroxylation sites is 1. The molecule has 0 atom stereocenters. The Labute approximate surface area is 146 Å². The van der Waals surface area contributed by atoms with E-state index in [9.17, 15) is 9.59 Å². The van der Waals surface area contributed by atoms with Crippen molar-refractivity contribution in [3.63, 3.8) is 0 Å². The van der Waals surface area contributed by atoms with Crippen molar-refractivity contribution in [2.75, 3.05) is 13.7 Å². The van der Waals surface area contributed by atoms with Crippen molar-refractivity contribution in [2.45, 2.75) is 13.8 Å². The minimum absolute atomic E-state index is 0.158. The van der Waals surface area contributed by atoms with Crippen molar-refractivity contribution in [3.05, 3.63) is 64.7 Å². The highest BCUT2D eigenvalue weighted by Gasteiger charge is 2.08. The van der Waals surface area contributed by atoms with Gasteiger partial charge in [-0.05, 0) is 49.2 Å². The second kappa shape index (κ2) is 8.63. The number of carbonyl (C=O) groups excluding carboxylic acids is 2. The van der Waals surface area contributed by atoms with Gasteiger partial charge in [0, 0.05) is 11.1 Å². The molecule has 0 radical (unpaired) electrons. The third-order valence-electron chi connectivity index (χ3n) is 3.71. The molecular formula is C19H21N3O3. The third-order valence-corrected chi connectivity index (χ3v) is 3.71. The largest absolute Gasteiger partial charge is 0.496 e. The van der Waals surface area contributed by atoms with Gasteiger partial charge in [0.15, 0.2) is 0 Å². The first-order valence-corrected chi connectivity index (χ1v) is 7.81. The summed E-state index contributed by atoms with van der Waals surface area (Å²) in [6.07, 6.45) is 1.49. The van der Waals surface area contributed by atoms with E-state index < -0.39 is 5.91 Å². The lowest BCUT2D eigenvalue weighted by atomic mass is 10.1. The number of aryl methyl sites for hydroxylation is 2. The minimum Gasteiger partial charge on any atom is -0.496 e. The van der Waals surface area contributed by atoms with Gasteiger partial charge < -0.3 is 10.1 Å².